The van der Waals surface area contributed by atoms with Gasteiger partial charge in [-0.15, -0.1) is 0 Å². The van der Waals surface area contributed by atoms with E-state index in [1.165, 1.54) is 12.0 Å². The molecule has 2 amide bonds. The highest BCUT2D eigenvalue weighted by Gasteiger charge is 2.18. The fourth-order valence-electron chi connectivity index (χ4n) is 3.68. The standard InChI is InChI=1S/C14H19N7O.C11H15NO/c1-20-9-10(7-17-20)18-14-12(13(15)22)16-8-11(19-14)21-5-3-2-4-6-21;1-11(2,3)9-6-4-8(5-7-9)10(12)13/h7-9H,2-6H2,1H3,(H2,15,22)(H,18,19);4-7H,1-3H3,(H2,12,13). The van der Waals surface area contributed by atoms with Gasteiger partial charge in [0, 0.05) is 31.9 Å². The summed E-state index contributed by atoms with van der Waals surface area (Å²) in [7, 11) is 1.82. The molecule has 0 radical (unpaired) electrons. The Bertz CT molecular complexity index is 1160. The minimum absolute atomic E-state index is 0.121. The quantitative estimate of drug-likeness (QED) is 0.511. The van der Waals surface area contributed by atoms with Gasteiger partial charge in [0.25, 0.3) is 5.91 Å². The van der Waals surface area contributed by atoms with Crippen LogP contribution in [0.2, 0.25) is 0 Å². The molecule has 186 valence electrons. The summed E-state index contributed by atoms with van der Waals surface area (Å²) in [5, 5.41) is 7.15. The highest BCUT2D eigenvalue weighted by Crippen LogP contribution is 2.23. The summed E-state index contributed by atoms with van der Waals surface area (Å²) in [4.78, 5) is 33.2. The first-order chi connectivity index (χ1) is 16.5. The zero-order chi connectivity index (χ0) is 25.6. The summed E-state index contributed by atoms with van der Waals surface area (Å²) in [5.74, 6) is 0.143. The number of nitrogens with zero attached hydrogens (tertiary/aromatic N) is 5. The van der Waals surface area contributed by atoms with Crippen LogP contribution in [-0.2, 0) is 12.5 Å². The molecule has 1 saturated heterocycles. The van der Waals surface area contributed by atoms with Gasteiger partial charge in [0.2, 0.25) is 5.91 Å². The summed E-state index contributed by atoms with van der Waals surface area (Å²) in [6.45, 7) is 8.30. The molecule has 0 aliphatic carbocycles. The van der Waals surface area contributed by atoms with E-state index in [9.17, 15) is 9.59 Å². The molecule has 10 nitrogen and oxygen atoms in total. The molecule has 5 N–H and O–H groups in total. The van der Waals surface area contributed by atoms with Crippen LogP contribution in [0.4, 0.5) is 17.3 Å². The van der Waals surface area contributed by atoms with Gasteiger partial charge in [0.1, 0.15) is 5.82 Å². The maximum Gasteiger partial charge on any atom is 0.271 e. The number of hydrogen-bond donors (Lipinski definition) is 3. The van der Waals surface area contributed by atoms with Crippen LogP contribution in [0.1, 0.15) is 66.4 Å². The Balaban J connectivity index is 0.000000225. The smallest absolute Gasteiger partial charge is 0.271 e. The molecule has 1 aliphatic heterocycles. The summed E-state index contributed by atoms with van der Waals surface area (Å²) >= 11 is 0. The molecule has 0 bridgehead atoms. The van der Waals surface area contributed by atoms with Gasteiger partial charge in [-0.1, -0.05) is 32.9 Å². The number of nitrogens with two attached hydrogens (primary N) is 2. The molecule has 4 rings (SSSR count). The van der Waals surface area contributed by atoms with Crippen molar-refractivity contribution < 1.29 is 9.59 Å². The Labute approximate surface area is 205 Å². The number of benzene rings is 1. The third-order valence-corrected chi connectivity index (χ3v) is 5.68. The number of aryl methyl sites for hydroxylation is 1. The molecule has 3 heterocycles. The Morgan fingerprint density at radius 3 is 2.14 bits per heavy atom. The van der Waals surface area contributed by atoms with E-state index in [0.29, 0.717) is 11.4 Å². The molecule has 2 aromatic heterocycles. The number of anilines is 3. The van der Waals surface area contributed by atoms with Crippen LogP contribution in [0.3, 0.4) is 0 Å². The predicted octanol–water partition coefficient (Wildman–Crippen LogP) is 3.13. The van der Waals surface area contributed by atoms with Crippen molar-refractivity contribution in [3.63, 3.8) is 0 Å². The molecule has 1 aliphatic rings. The first-order valence-corrected chi connectivity index (χ1v) is 11.6. The van der Waals surface area contributed by atoms with Crippen molar-refractivity contribution in [3.8, 4) is 0 Å². The molecular weight excluding hydrogens is 444 g/mol. The van der Waals surface area contributed by atoms with Crippen LogP contribution in [0.5, 0.6) is 0 Å². The highest BCUT2D eigenvalue weighted by atomic mass is 16.1. The average Bonchev–Trinajstić information content (AvgIpc) is 3.23. The number of carbonyl (C=O) groups excluding carboxylic acids is 2. The number of amides is 2. The van der Waals surface area contributed by atoms with Crippen molar-refractivity contribution in [2.45, 2.75) is 45.4 Å². The molecule has 10 heteroatoms. The van der Waals surface area contributed by atoms with E-state index in [1.54, 1.807) is 35.4 Å². The molecule has 0 spiro atoms. The third kappa shape index (κ3) is 7.02. The van der Waals surface area contributed by atoms with E-state index in [0.717, 1.165) is 37.4 Å². The topological polar surface area (TPSA) is 145 Å². The van der Waals surface area contributed by atoms with E-state index in [-0.39, 0.29) is 17.0 Å². The summed E-state index contributed by atoms with van der Waals surface area (Å²) in [6.07, 6.45) is 8.58. The van der Waals surface area contributed by atoms with Gasteiger partial charge in [-0.25, -0.2) is 9.97 Å². The van der Waals surface area contributed by atoms with Crippen LogP contribution in [0, 0.1) is 0 Å². The normalized spacial score (nSPS) is 13.5. The fraction of sp³-hybridized carbons (Fsp3) is 0.400. The van der Waals surface area contributed by atoms with Crippen molar-refractivity contribution >= 4 is 29.1 Å². The lowest BCUT2D eigenvalue weighted by Crippen LogP contribution is -2.30. The lowest BCUT2D eigenvalue weighted by atomic mass is 9.87. The van der Waals surface area contributed by atoms with Crippen LogP contribution >= 0.6 is 0 Å². The largest absolute Gasteiger partial charge is 0.366 e. The minimum Gasteiger partial charge on any atom is -0.366 e. The Hall–Kier alpha value is -3.95. The lowest BCUT2D eigenvalue weighted by molar-refractivity contribution is 0.0989. The second kappa shape index (κ2) is 11.0. The van der Waals surface area contributed by atoms with Gasteiger partial charge in [-0.2, -0.15) is 5.10 Å². The van der Waals surface area contributed by atoms with Gasteiger partial charge >= 0.3 is 0 Å². The number of primary amides is 2. The molecule has 1 fully saturated rings. The first-order valence-electron chi connectivity index (χ1n) is 11.6. The predicted molar refractivity (Wildman–Crippen MR) is 137 cm³/mol. The molecule has 0 atom stereocenters. The SMILES string of the molecule is CC(C)(C)c1ccc(C(N)=O)cc1.Cn1cc(Nc2nc(N3CCCCC3)cnc2C(N)=O)cn1. The highest BCUT2D eigenvalue weighted by molar-refractivity contribution is 5.96. The minimum atomic E-state index is -0.607. The van der Waals surface area contributed by atoms with Crippen LogP contribution in [-0.4, -0.2) is 44.7 Å². The maximum atomic E-state index is 11.6. The van der Waals surface area contributed by atoms with Crippen LogP contribution < -0.4 is 21.7 Å². The lowest BCUT2D eigenvalue weighted by Gasteiger charge is -2.27. The Morgan fingerprint density at radius 1 is 0.971 bits per heavy atom. The zero-order valence-electron chi connectivity index (χ0n) is 20.8. The van der Waals surface area contributed by atoms with E-state index in [1.807, 2.05) is 19.2 Å². The summed E-state index contributed by atoms with van der Waals surface area (Å²) < 4.78 is 1.66. The number of rotatable bonds is 5. The van der Waals surface area contributed by atoms with E-state index in [4.69, 9.17) is 11.5 Å². The first kappa shape index (κ1) is 25.7. The van der Waals surface area contributed by atoms with Gasteiger partial charge < -0.3 is 21.7 Å². The number of hydrogen-bond acceptors (Lipinski definition) is 7. The molecule has 1 aromatic carbocycles. The Kier molecular flexibility index (Phi) is 8.06. The number of aromatic nitrogens is 4. The van der Waals surface area contributed by atoms with Gasteiger partial charge in [0.15, 0.2) is 11.5 Å². The van der Waals surface area contributed by atoms with Crippen LogP contribution in [0.25, 0.3) is 0 Å². The molecular formula is C25H34N8O2. The summed E-state index contributed by atoms with van der Waals surface area (Å²) in [5.41, 5.74) is 13.3. The van der Waals surface area contributed by atoms with E-state index >= 15 is 0 Å². The maximum absolute atomic E-state index is 11.6. The van der Waals surface area contributed by atoms with E-state index < -0.39 is 5.91 Å². The summed E-state index contributed by atoms with van der Waals surface area (Å²) in [6, 6.07) is 7.42. The number of nitrogens with one attached hydrogen (secondary N) is 1. The average molecular weight is 479 g/mol. The monoisotopic (exact) mass is 478 g/mol. The van der Waals surface area contributed by atoms with Crippen molar-refractivity contribution in [1.82, 2.24) is 19.7 Å². The van der Waals surface area contributed by atoms with Crippen molar-refractivity contribution in [3.05, 3.63) is 59.7 Å². The van der Waals surface area contributed by atoms with Crippen LogP contribution in [0.15, 0.2) is 42.9 Å². The fourth-order valence-corrected chi connectivity index (χ4v) is 3.68. The zero-order valence-corrected chi connectivity index (χ0v) is 20.8. The molecule has 35 heavy (non-hydrogen) atoms. The van der Waals surface area contributed by atoms with Crippen molar-refractivity contribution in [2.24, 2.45) is 18.5 Å². The van der Waals surface area contributed by atoms with Gasteiger partial charge in [-0.05, 0) is 42.4 Å². The van der Waals surface area contributed by atoms with Crippen molar-refractivity contribution in [2.75, 3.05) is 23.3 Å². The molecule has 0 unspecified atom stereocenters. The third-order valence-electron chi connectivity index (χ3n) is 5.68. The second-order valence-corrected chi connectivity index (χ2v) is 9.56. The van der Waals surface area contributed by atoms with Gasteiger partial charge in [-0.3, -0.25) is 14.3 Å². The van der Waals surface area contributed by atoms with Gasteiger partial charge in [0.05, 0.1) is 18.1 Å². The second-order valence-electron chi connectivity index (χ2n) is 9.56. The number of carbonyl (C=O) groups is 2. The molecule has 3 aromatic rings. The van der Waals surface area contributed by atoms with Crippen molar-refractivity contribution in [1.29, 1.82) is 0 Å². The molecule has 0 saturated carbocycles. The number of piperidine rings is 1. The van der Waals surface area contributed by atoms with E-state index in [2.05, 4.69) is 46.1 Å². The Morgan fingerprint density at radius 2 is 1.63 bits per heavy atom.